The number of nitrogens with one attached hydrogen (secondary N) is 1. The van der Waals surface area contributed by atoms with Crippen LogP contribution in [0.4, 0.5) is 4.79 Å². The molecule has 0 aliphatic rings. The van der Waals surface area contributed by atoms with E-state index >= 15 is 0 Å². The Morgan fingerprint density at radius 2 is 1.89 bits per heavy atom. The van der Waals surface area contributed by atoms with Crippen LogP contribution in [0.2, 0.25) is 0 Å². The summed E-state index contributed by atoms with van der Waals surface area (Å²) < 4.78 is 5.29. The summed E-state index contributed by atoms with van der Waals surface area (Å²) in [4.78, 5) is 11.8. The van der Waals surface area contributed by atoms with Crippen molar-refractivity contribution in [1.29, 1.82) is 0 Å². The van der Waals surface area contributed by atoms with Crippen LogP contribution in [0, 0.1) is 0 Å². The minimum Gasteiger partial charge on any atom is -0.444 e. The zero-order chi connectivity index (χ0) is 13.6. The van der Waals surface area contributed by atoms with Gasteiger partial charge >= 0.3 is 6.09 Å². The van der Waals surface area contributed by atoms with E-state index in [-0.39, 0.29) is 12.1 Å². The van der Waals surface area contributed by atoms with Crippen LogP contribution >= 0.6 is 0 Å². The number of benzene rings is 1. The minimum atomic E-state index is -0.461. The fourth-order valence-electron chi connectivity index (χ4n) is 1.75. The van der Waals surface area contributed by atoms with E-state index in [2.05, 4.69) is 12.2 Å². The molecule has 0 aromatic heterocycles. The van der Waals surface area contributed by atoms with Crippen LogP contribution < -0.4 is 5.32 Å². The van der Waals surface area contributed by atoms with Crippen molar-refractivity contribution in [2.24, 2.45) is 0 Å². The van der Waals surface area contributed by atoms with Gasteiger partial charge in [-0.25, -0.2) is 4.79 Å². The molecule has 0 aliphatic carbocycles. The molecule has 1 aromatic rings. The first kappa shape index (κ1) is 14.6. The molecule has 1 rings (SSSR count). The van der Waals surface area contributed by atoms with E-state index in [1.54, 1.807) is 0 Å². The highest BCUT2D eigenvalue weighted by Crippen LogP contribution is 2.19. The molecule has 18 heavy (non-hydrogen) atoms. The summed E-state index contributed by atoms with van der Waals surface area (Å²) in [5.41, 5.74) is 0.655. The molecule has 1 N–H and O–H groups in total. The topological polar surface area (TPSA) is 38.3 Å². The molecule has 1 aromatic carbocycles. The first-order valence-electron chi connectivity index (χ1n) is 6.47. The molecule has 1 atom stereocenters. The molecule has 0 spiro atoms. The maximum atomic E-state index is 11.8. The predicted octanol–water partition coefficient (Wildman–Crippen LogP) is 4.05. The number of carbonyl (C=O) groups is 1. The zero-order valence-electron chi connectivity index (χ0n) is 11.7. The lowest BCUT2D eigenvalue weighted by atomic mass is 10.0. The third-order valence-corrected chi connectivity index (χ3v) is 2.47. The molecule has 0 bridgehead atoms. The summed E-state index contributed by atoms with van der Waals surface area (Å²) in [6.07, 6.45) is 1.56. The molecule has 100 valence electrons. The smallest absolute Gasteiger partial charge is 0.408 e. The Morgan fingerprint density at radius 1 is 1.28 bits per heavy atom. The van der Waals surface area contributed by atoms with Gasteiger partial charge < -0.3 is 10.1 Å². The van der Waals surface area contributed by atoms with E-state index in [1.807, 2.05) is 51.1 Å². The van der Waals surface area contributed by atoms with Gasteiger partial charge in [0.15, 0.2) is 0 Å². The average Bonchev–Trinajstić information content (AvgIpc) is 2.27. The average molecular weight is 249 g/mol. The predicted molar refractivity (Wildman–Crippen MR) is 73.5 cm³/mol. The summed E-state index contributed by atoms with van der Waals surface area (Å²) in [6.45, 7) is 7.70. The van der Waals surface area contributed by atoms with Gasteiger partial charge in [0.05, 0.1) is 6.04 Å². The maximum absolute atomic E-state index is 11.8. The van der Waals surface area contributed by atoms with Crippen molar-refractivity contribution in [2.75, 3.05) is 0 Å². The number of alkyl carbamates (subject to hydrolysis) is 1. The molecule has 0 saturated heterocycles. The van der Waals surface area contributed by atoms with E-state index in [0.717, 1.165) is 18.4 Å². The molecular weight excluding hydrogens is 226 g/mol. The lowest BCUT2D eigenvalue weighted by molar-refractivity contribution is 0.0501. The highest BCUT2D eigenvalue weighted by Gasteiger charge is 2.19. The summed E-state index contributed by atoms with van der Waals surface area (Å²) in [5.74, 6) is 0. The highest BCUT2D eigenvalue weighted by atomic mass is 16.6. The van der Waals surface area contributed by atoms with Crippen LogP contribution in [0.25, 0.3) is 0 Å². The fourth-order valence-corrected chi connectivity index (χ4v) is 1.75. The quantitative estimate of drug-likeness (QED) is 0.874. The molecule has 0 unspecified atom stereocenters. The standard InChI is InChI=1S/C15H23NO2/c1-5-9-13(12-10-7-6-8-11-12)16-14(17)18-15(2,3)4/h6-8,10-11,13H,5,9H2,1-4H3,(H,16,17)/t13-/m1/s1. The zero-order valence-corrected chi connectivity index (χ0v) is 11.7. The van der Waals surface area contributed by atoms with Gasteiger partial charge in [0.25, 0.3) is 0 Å². The maximum Gasteiger partial charge on any atom is 0.408 e. The van der Waals surface area contributed by atoms with Gasteiger partial charge in [0, 0.05) is 0 Å². The van der Waals surface area contributed by atoms with Crippen molar-refractivity contribution in [2.45, 2.75) is 52.2 Å². The second-order valence-electron chi connectivity index (χ2n) is 5.40. The molecule has 0 heterocycles. The number of rotatable bonds is 4. The van der Waals surface area contributed by atoms with Gasteiger partial charge in [0.2, 0.25) is 0 Å². The van der Waals surface area contributed by atoms with Gasteiger partial charge in [-0.15, -0.1) is 0 Å². The molecule has 0 saturated carbocycles. The first-order valence-corrected chi connectivity index (χ1v) is 6.47. The Labute approximate surface area is 110 Å². The Morgan fingerprint density at radius 3 is 2.39 bits per heavy atom. The third-order valence-electron chi connectivity index (χ3n) is 2.47. The van der Waals surface area contributed by atoms with Crippen molar-refractivity contribution in [1.82, 2.24) is 5.32 Å². The highest BCUT2D eigenvalue weighted by molar-refractivity contribution is 5.68. The van der Waals surface area contributed by atoms with E-state index < -0.39 is 5.60 Å². The van der Waals surface area contributed by atoms with Crippen LogP contribution in [0.15, 0.2) is 30.3 Å². The number of hydrogen-bond donors (Lipinski definition) is 1. The van der Waals surface area contributed by atoms with Crippen LogP contribution in [0.5, 0.6) is 0 Å². The van der Waals surface area contributed by atoms with Crippen molar-refractivity contribution in [3.63, 3.8) is 0 Å². The van der Waals surface area contributed by atoms with Gasteiger partial charge in [-0.05, 0) is 32.8 Å². The normalized spacial score (nSPS) is 12.9. The van der Waals surface area contributed by atoms with Crippen molar-refractivity contribution >= 4 is 6.09 Å². The molecule has 3 heteroatoms. The summed E-state index contributed by atoms with van der Waals surface area (Å²) in [6, 6.07) is 10.0. The van der Waals surface area contributed by atoms with E-state index in [1.165, 1.54) is 0 Å². The summed E-state index contributed by atoms with van der Waals surface area (Å²) >= 11 is 0. The van der Waals surface area contributed by atoms with Crippen molar-refractivity contribution < 1.29 is 9.53 Å². The lowest BCUT2D eigenvalue weighted by Gasteiger charge is -2.23. The van der Waals surface area contributed by atoms with E-state index in [9.17, 15) is 4.79 Å². The van der Waals surface area contributed by atoms with Crippen LogP contribution in [-0.2, 0) is 4.74 Å². The fraction of sp³-hybridized carbons (Fsp3) is 0.533. The van der Waals surface area contributed by atoms with Crippen molar-refractivity contribution in [3.05, 3.63) is 35.9 Å². The Kier molecular flexibility index (Phi) is 5.20. The second kappa shape index (κ2) is 6.43. The molecule has 0 radical (unpaired) electrons. The second-order valence-corrected chi connectivity index (χ2v) is 5.40. The van der Waals surface area contributed by atoms with E-state index in [0.29, 0.717) is 0 Å². The molecule has 1 amide bonds. The SMILES string of the molecule is CCC[C@@H](NC(=O)OC(C)(C)C)c1ccccc1. The van der Waals surface area contributed by atoms with Crippen LogP contribution in [0.1, 0.15) is 52.1 Å². The Hall–Kier alpha value is -1.51. The monoisotopic (exact) mass is 249 g/mol. The molecular formula is C15H23NO2. The van der Waals surface area contributed by atoms with Gasteiger partial charge in [-0.2, -0.15) is 0 Å². The Balaban J connectivity index is 2.67. The molecule has 0 fully saturated rings. The number of hydrogen-bond acceptors (Lipinski definition) is 2. The third kappa shape index (κ3) is 5.21. The molecule has 0 aliphatic heterocycles. The summed E-state index contributed by atoms with van der Waals surface area (Å²) in [7, 11) is 0. The van der Waals surface area contributed by atoms with E-state index in [4.69, 9.17) is 4.74 Å². The number of amides is 1. The van der Waals surface area contributed by atoms with Gasteiger partial charge in [-0.3, -0.25) is 0 Å². The summed E-state index contributed by atoms with van der Waals surface area (Å²) in [5, 5.41) is 2.93. The largest absolute Gasteiger partial charge is 0.444 e. The molecule has 3 nitrogen and oxygen atoms in total. The lowest BCUT2D eigenvalue weighted by Crippen LogP contribution is -2.34. The van der Waals surface area contributed by atoms with Gasteiger partial charge in [-0.1, -0.05) is 43.7 Å². The Bertz CT molecular complexity index is 368. The number of ether oxygens (including phenoxy) is 1. The van der Waals surface area contributed by atoms with Crippen LogP contribution in [0.3, 0.4) is 0 Å². The van der Waals surface area contributed by atoms with Crippen molar-refractivity contribution in [3.8, 4) is 0 Å². The van der Waals surface area contributed by atoms with Crippen LogP contribution in [-0.4, -0.2) is 11.7 Å². The number of carbonyl (C=O) groups excluding carboxylic acids is 1. The van der Waals surface area contributed by atoms with Gasteiger partial charge in [0.1, 0.15) is 5.60 Å². The minimum absolute atomic E-state index is 0.0195. The first-order chi connectivity index (χ1) is 8.42.